The highest BCUT2D eigenvalue weighted by Crippen LogP contribution is 2.43. The third-order valence-electron chi connectivity index (χ3n) is 1.94. The van der Waals surface area contributed by atoms with Crippen molar-refractivity contribution in [2.75, 3.05) is 0 Å². The Morgan fingerprint density at radius 3 is 2.47 bits per heavy atom. The summed E-state index contributed by atoms with van der Waals surface area (Å²) in [7, 11) is 0. The van der Waals surface area contributed by atoms with E-state index in [0.29, 0.717) is 0 Å². The van der Waals surface area contributed by atoms with Gasteiger partial charge in [-0.3, -0.25) is 0 Å². The van der Waals surface area contributed by atoms with Crippen LogP contribution in [0, 0.1) is 3.57 Å². The van der Waals surface area contributed by atoms with E-state index in [2.05, 4.69) is 93.6 Å². The first-order chi connectivity index (χ1) is 6.97. The SMILES string of the molecule is BrC(Br)(Br)c1ccc2cc(I)ccc2n1. The molecule has 0 spiro atoms. The fraction of sp³-hybridized carbons (Fsp3) is 0.100. The summed E-state index contributed by atoms with van der Waals surface area (Å²) in [4.78, 5) is 4.54. The molecule has 0 fully saturated rings. The van der Waals surface area contributed by atoms with Crippen molar-refractivity contribution in [1.82, 2.24) is 4.98 Å². The quantitative estimate of drug-likeness (QED) is 0.357. The Hall–Kier alpha value is 0.800. The number of pyridine rings is 1. The van der Waals surface area contributed by atoms with E-state index in [9.17, 15) is 0 Å². The van der Waals surface area contributed by atoms with Gasteiger partial charge in [-0.25, -0.2) is 4.98 Å². The van der Waals surface area contributed by atoms with E-state index in [1.54, 1.807) is 0 Å². The molecule has 0 saturated heterocycles. The number of alkyl halides is 3. The van der Waals surface area contributed by atoms with E-state index < -0.39 is 2.14 Å². The average Bonchev–Trinajstić information content (AvgIpc) is 2.15. The van der Waals surface area contributed by atoms with Crippen LogP contribution in [-0.2, 0) is 2.14 Å². The molecule has 0 aliphatic carbocycles. The zero-order valence-corrected chi connectivity index (χ0v) is 14.3. The van der Waals surface area contributed by atoms with Gasteiger partial charge in [-0.05, 0) is 46.9 Å². The Labute approximate surface area is 127 Å². The van der Waals surface area contributed by atoms with Crippen molar-refractivity contribution in [1.29, 1.82) is 0 Å². The van der Waals surface area contributed by atoms with E-state index in [1.807, 2.05) is 12.1 Å². The molecule has 0 aliphatic heterocycles. The van der Waals surface area contributed by atoms with Crippen LogP contribution in [0.5, 0.6) is 0 Å². The van der Waals surface area contributed by atoms with Crippen LogP contribution in [0.15, 0.2) is 30.3 Å². The summed E-state index contributed by atoms with van der Waals surface area (Å²) in [6.45, 7) is 0. The van der Waals surface area contributed by atoms with E-state index in [0.717, 1.165) is 16.6 Å². The first-order valence-corrected chi connectivity index (χ1v) is 7.56. The Kier molecular flexibility index (Phi) is 3.75. The van der Waals surface area contributed by atoms with Gasteiger partial charge >= 0.3 is 0 Å². The lowest BCUT2D eigenvalue weighted by Gasteiger charge is -2.11. The van der Waals surface area contributed by atoms with Crippen molar-refractivity contribution >= 4 is 81.3 Å². The van der Waals surface area contributed by atoms with E-state index in [4.69, 9.17) is 0 Å². The van der Waals surface area contributed by atoms with Gasteiger partial charge in [-0.1, -0.05) is 53.9 Å². The molecule has 0 aliphatic rings. The Balaban J connectivity index is 2.62. The number of aromatic nitrogens is 1. The molecule has 2 rings (SSSR count). The van der Waals surface area contributed by atoms with Crippen LogP contribution in [0.3, 0.4) is 0 Å². The van der Waals surface area contributed by atoms with Crippen molar-refractivity contribution in [2.45, 2.75) is 2.14 Å². The van der Waals surface area contributed by atoms with Crippen molar-refractivity contribution in [3.05, 3.63) is 39.6 Å². The molecule has 0 atom stereocenters. The lowest BCUT2D eigenvalue weighted by atomic mass is 10.2. The second-order valence-corrected chi connectivity index (χ2v) is 11.0. The van der Waals surface area contributed by atoms with Gasteiger partial charge in [0.05, 0.1) is 11.2 Å². The minimum Gasteiger partial charge on any atom is -0.249 e. The second-order valence-electron chi connectivity index (χ2n) is 3.03. The number of hydrogen-bond donors (Lipinski definition) is 0. The minimum absolute atomic E-state index is 0.440. The molecule has 78 valence electrons. The number of nitrogens with zero attached hydrogens (tertiary/aromatic N) is 1. The highest BCUT2D eigenvalue weighted by molar-refractivity contribution is 14.1. The molecule has 15 heavy (non-hydrogen) atoms. The van der Waals surface area contributed by atoms with Crippen LogP contribution >= 0.6 is 70.4 Å². The zero-order valence-electron chi connectivity index (χ0n) is 7.35. The van der Waals surface area contributed by atoms with E-state index in [-0.39, 0.29) is 0 Å². The molecule has 1 heterocycles. The van der Waals surface area contributed by atoms with Gasteiger partial charge < -0.3 is 0 Å². The smallest absolute Gasteiger partial charge is 0.176 e. The number of hydrogen-bond acceptors (Lipinski definition) is 1. The van der Waals surface area contributed by atoms with Gasteiger partial charge in [0.1, 0.15) is 0 Å². The predicted molar refractivity (Wildman–Crippen MR) is 82.9 cm³/mol. The van der Waals surface area contributed by atoms with E-state index in [1.165, 1.54) is 3.57 Å². The van der Waals surface area contributed by atoms with Crippen LogP contribution in [0.2, 0.25) is 0 Å². The number of halogens is 4. The highest BCUT2D eigenvalue weighted by Gasteiger charge is 2.22. The summed E-state index contributed by atoms with van der Waals surface area (Å²) in [6.07, 6.45) is 0. The fourth-order valence-corrected chi connectivity index (χ4v) is 2.43. The molecular formula is C10H5Br3IN. The van der Waals surface area contributed by atoms with Crippen molar-refractivity contribution < 1.29 is 0 Å². The van der Waals surface area contributed by atoms with Crippen molar-refractivity contribution in [3.63, 3.8) is 0 Å². The fourth-order valence-electron chi connectivity index (χ4n) is 1.25. The Morgan fingerprint density at radius 2 is 1.80 bits per heavy atom. The van der Waals surface area contributed by atoms with Crippen LogP contribution in [-0.4, -0.2) is 4.98 Å². The zero-order chi connectivity index (χ0) is 11.1. The van der Waals surface area contributed by atoms with Gasteiger partial charge in [0.25, 0.3) is 0 Å². The van der Waals surface area contributed by atoms with Gasteiger partial charge in [-0.2, -0.15) is 0 Å². The van der Waals surface area contributed by atoms with Gasteiger partial charge in [-0.15, -0.1) is 0 Å². The number of benzene rings is 1. The second kappa shape index (κ2) is 4.58. The number of fused-ring (bicyclic) bond motifs is 1. The topological polar surface area (TPSA) is 12.9 Å². The van der Waals surface area contributed by atoms with Crippen molar-refractivity contribution in [2.24, 2.45) is 0 Å². The highest BCUT2D eigenvalue weighted by atomic mass is 127. The van der Waals surface area contributed by atoms with E-state index >= 15 is 0 Å². The minimum atomic E-state index is -0.440. The van der Waals surface area contributed by atoms with Crippen molar-refractivity contribution in [3.8, 4) is 0 Å². The normalized spacial score (nSPS) is 12.0. The van der Waals surface area contributed by atoms with Gasteiger partial charge in [0, 0.05) is 8.96 Å². The van der Waals surface area contributed by atoms with Crippen LogP contribution < -0.4 is 0 Å². The molecule has 0 saturated carbocycles. The lowest BCUT2D eigenvalue weighted by Crippen LogP contribution is -2.01. The summed E-state index contributed by atoms with van der Waals surface area (Å²) in [5.41, 5.74) is 1.90. The standard InChI is InChI=1S/C10H5Br3IN/c11-10(12,13)9-4-1-6-5-7(14)2-3-8(6)15-9/h1-5H. The Bertz CT molecular complexity index is 507. The van der Waals surface area contributed by atoms with Gasteiger partial charge in [0.15, 0.2) is 2.14 Å². The van der Waals surface area contributed by atoms with Crippen LogP contribution in [0.4, 0.5) is 0 Å². The maximum absolute atomic E-state index is 4.54. The molecule has 0 N–H and O–H groups in total. The third-order valence-corrected chi connectivity index (χ3v) is 3.83. The maximum Gasteiger partial charge on any atom is 0.176 e. The first-order valence-electron chi connectivity index (χ1n) is 4.10. The summed E-state index contributed by atoms with van der Waals surface area (Å²) in [6, 6.07) is 10.2. The number of rotatable bonds is 0. The molecule has 1 nitrogen and oxygen atoms in total. The molecule has 0 unspecified atom stereocenters. The first kappa shape index (κ1) is 12.3. The molecule has 0 radical (unpaired) electrons. The molecule has 0 amide bonds. The maximum atomic E-state index is 4.54. The summed E-state index contributed by atoms with van der Waals surface area (Å²) < 4.78 is 0.780. The monoisotopic (exact) mass is 503 g/mol. The largest absolute Gasteiger partial charge is 0.249 e. The Morgan fingerprint density at radius 1 is 1.07 bits per heavy atom. The molecule has 1 aromatic carbocycles. The molecule has 5 heteroatoms. The van der Waals surface area contributed by atoms with Crippen LogP contribution in [0.1, 0.15) is 5.69 Å². The predicted octanol–water partition coefficient (Wildman–Crippen LogP) is 5.13. The van der Waals surface area contributed by atoms with Crippen LogP contribution in [0.25, 0.3) is 10.9 Å². The molecule has 2 aromatic rings. The molecule has 1 aromatic heterocycles. The lowest BCUT2D eigenvalue weighted by molar-refractivity contribution is 1.20. The summed E-state index contributed by atoms with van der Waals surface area (Å²) in [5, 5.41) is 1.16. The summed E-state index contributed by atoms with van der Waals surface area (Å²) in [5.74, 6) is 0. The third kappa shape index (κ3) is 2.92. The molecule has 0 bridgehead atoms. The average molecular weight is 506 g/mol. The van der Waals surface area contributed by atoms with Gasteiger partial charge in [0.2, 0.25) is 0 Å². The summed E-state index contributed by atoms with van der Waals surface area (Å²) >= 11 is 12.7. The molecular weight excluding hydrogens is 501 g/mol.